The molecule has 0 bridgehead atoms. The molecule has 11 heavy (non-hydrogen) atoms. The van der Waals surface area contributed by atoms with Gasteiger partial charge in [-0.05, 0) is 10.9 Å². The summed E-state index contributed by atoms with van der Waals surface area (Å²) in [5.74, 6) is 0.703. The zero-order valence-electron chi connectivity index (χ0n) is 5.86. The van der Waals surface area contributed by atoms with Gasteiger partial charge in [0.2, 0.25) is 0 Å². The van der Waals surface area contributed by atoms with Crippen LogP contribution in [0.2, 0.25) is 0 Å². The maximum absolute atomic E-state index is 10.4. The molecule has 0 fully saturated rings. The summed E-state index contributed by atoms with van der Waals surface area (Å²) in [7, 11) is 0. The van der Waals surface area contributed by atoms with Crippen molar-refractivity contribution in [3.8, 4) is 0 Å². The van der Waals surface area contributed by atoms with Crippen molar-refractivity contribution < 1.29 is 4.79 Å². The lowest BCUT2D eigenvalue weighted by molar-refractivity contribution is 0.112. The Morgan fingerprint density at radius 1 is 1.45 bits per heavy atom. The topological polar surface area (TPSA) is 17.1 Å². The fourth-order valence-corrected chi connectivity index (χ4v) is 1.60. The Bertz CT molecular complexity index is 263. The smallest absolute Gasteiger partial charge is 0.151 e. The van der Waals surface area contributed by atoms with E-state index in [4.69, 9.17) is 0 Å². The van der Waals surface area contributed by atoms with Gasteiger partial charge in [0.25, 0.3) is 0 Å². The van der Waals surface area contributed by atoms with Gasteiger partial charge >= 0.3 is 0 Å². The summed E-state index contributed by atoms with van der Waals surface area (Å²) in [5, 5.41) is 3.79. The van der Waals surface area contributed by atoms with Crippen LogP contribution >= 0.6 is 24.0 Å². The molecule has 0 atom stereocenters. The zero-order chi connectivity index (χ0) is 8.10. The predicted octanol–water partition coefficient (Wildman–Crippen LogP) is 2.50. The molecular weight excluding hydrogens is 176 g/mol. The Morgan fingerprint density at radius 3 is 2.82 bits per heavy atom. The molecule has 58 valence electrons. The highest BCUT2D eigenvalue weighted by atomic mass is 32.1. The van der Waals surface area contributed by atoms with Gasteiger partial charge in [-0.1, -0.05) is 12.2 Å². The molecule has 0 aliphatic rings. The van der Waals surface area contributed by atoms with Crippen molar-refractivity contribution in [3.63, 3.8) is 0 Å². The zero-order valence-corrected chi connectivity index (χ0v) is 7.57. The number of carbonyl (C=O) groups is 1. The number of rotatable bonds is 3. The molecule has 1 rings (SSSR count). The van der Waals surface area contributed by atoms with E-state index in [0.717, 1.165) is 17.4 Å². The molecule has 0 aromatic carbocycles. The summed E-state index contributed by atoms with van der Waals surface area (Å²) in [6.07, 6.45) is 4.69. The number of carbonyl (C=O) groups excluding carboxylic acids is 1. The standard InChI is InChI=1S/C8H8OS2/c9-4-8-6-11-5-7(8)2-1-3-10/h1-2,4-6,10H,3H2. The first-order chi connectivity index (χ1) is 5.38. The Balaban J connectivity index is 2.84. The number of aldehydes is 1. The van der Waals surface area contributed by atoms with Crippen LogP contribution in [0.5, 0.6) is 0 Å². The SMILES string of the molecule is O=Cc1cscc1C=CCS. The molecule has 1 heterocycles. The molecule has 0 saturated carbocycles. The lowest BCUT2D eigenvalue weighted by Gasteiger charge is -1.85. The highest BCUT2D eigenvalue weighted by Crippen LogP contribution is 2.14. The van der Waals surface area contributed by atoms with Crippen LogP contribution in [-0.4, -0.2) is 12.0 Å². The largest absolute Gasteiger partial charge is 0.298 e. The van der Waals surface area contributed by atoms with Gasteiger partial charge in [-0.25, -0.2) is 0 Å². The molecule has 0 spiro atoms. The lowest BCUT2D eigenvalue weighted by atomic mass is 10.2. The highest BCUT2D eigenvalue weighted by Gasteiger charge is 1.96. The van der Waals surface area contributed by atoms with E-state index in [9.17, 15) is 4.79 Å². The third-order valence-corrected chi connectivity index (χ3v) is 2.24. The minimum Gasteiger partial charge on any atom is -0.298 e. The van der Waals surface area contributed by atoms with Crippen LogP contribution in [0.4, 0.5) is 0 Å². The van der Waals surface area contributed by atoms with Gasteiger partial charge in [0.05, 0.1) is 0 Å². The molecule has 0 aliphatic heterocycles. The van der Waals surface area contributed by atoms with Gasteiger partial charge in [-0.15, -0.1) is 0 Å². The fourth-order valence-electron chi connectivity index (χ4n) is 0.728. The lowest BCUT2D eigenvalue weighted by Crippen LogP contribution is -1.76. The van der Waals surface area contributed by atoms with E-state index in [-0.39, 0.29) is 0 Å². The maximum atomic E-state index is 10.4. The van der Waals surface area contributed by atoms with E-state index in [1.807, 2.05) is 22.9 Å². The van der Waals surface area contributed by atoms with Gasteiger partial charge in [0, 0.05) is 16.7 Å². The molecule has 0 radical (unpaired) electrons. The van der Waals surface area contributed by atoms with Crippen molar-refractivity contribution in [2.75, 3.05) is 5.75 Å². The Hall–Kier alpha value is -0.540. The second-order valence-electron chi connectivity index (χ2n) is 1.99. The first-order valence-corrected chi connectivity index (χ1v) is 4.74. The molecule has 0 saturated heterocycles. The average molecular weight is 184 g/mol. The van der Waals surface area contributed by atoms with Crippen molar-refractivity contribution in [2.24, 2.45) is 0 Å². The van der Waals surface area contributed by atoms with Crippen LogP contribution in [0, 0.1) is 0 Å². The Kier molecular flexibility index (Phi) is 3.39. The Labute approximate surface area is 75.2 Å². The van der Waals surface area contributed by atoms with E-state index in [1.54, 1.807) is 0 Å². The average Bonchev–Trinajstić information content (AvgIpc) is 2.47. The van der Waals surface area contributed by atoms with Crippen LogP contribution in [-0.2, 0) is 0 Å². The molecule has 1 nitrogen and oxygen atoms in total. The predicted molar refractivity (Wildman–Crippen MR) is 52.6 cm³/mol. The monoisotopic (exact) mass is 184 g/mol. The summed E-state index contributed by atoms with van der Waals surface area (Å²) in [5.41, 5.74) is 1.74. The van der Waals surface area contributed by atoms with Crippen LogP contribution in [0.25, 0.3) is 6.08 Å². The summed E-state index contributed by atoms with van der Waals surface area (Å²) in [4.78, 5) is 10.4. The number of thiol groups is 1. The van der Waals surface area contributed by atoms with Crippen molar-refractivity contribution in [1.82, 2.24) is 0 Å². The summed E-state index contributed by atoms with van der Waals surface area (Å²) in [6, 6.07) is 0. The number of hydrogen-bond acceptors (Lipinski definition) is 3. The minimum absolute atomic E-state index is 0.703. The molecule has 0 aliphatic carbocycles. The maximum Gasteiger partial charge on any atom is 0.151 e. The van der Waals surface area contributed by atoms with Crippen molar-refractivity contribution >= 4 is 36.3 Å². The normalized spacial score (nSPS) is 10.6. The second-order valence-corrected chi connectivity index (χ2v) is 3.09. The third-order valence-electron chi connectivity index (χ3n) is 1.25. The molecule has 1 aromatic heterocycles. The molecule has 0 N–H and O–H groups in total. The quantitative estimate of drug-likeness (QED) is 0.564. The first kappa shape index (κ1) is 8.56. The summed E-state index contributed by atoms with van der Waals surface area (Å²) < 4.78 is 0. The van der Waals surface area contributed by atoms with Crippen LogP contribution in [0.15, 0.2) is 16.8 Å². The molecule has 3 heteroatoms. The van der Waals surface area contributed by atoms with Crippen molar-refractivity contribution in [3.05, 3.63) is 28.0 Å². The van der Waals surface area contributed by atoms with E-state index in [0.29, 0.717) is 5.75 Å². The van der Waals surface area contributed by atoms with Gasteiger partial charge in [-0.3, -0.25) is 4.79 Å². The van der Waals surface area contributed by atoms with Gasteiger partial charge < -0.3 is 0 Å². The molecule has 0 amide bonds. The van der Waals surface area contributed by atoms with Gasteiger partial charge in [0.15, 0.2) is 6.29 Å². The number of thiophene rings is 1. The first-order valence-electron chi connectivity index (χ1n) is 3.17. The minimum atomic E-state index is 0.703. The van der Waals surface area contributed by atoms with Crippen LogP contribution in [0.1, 0.15) is 15.9 Å². The molecular formula is C8H8OS2. The van der Waals surface area contributed by atoms with Gasteiger partial charge in [-0.2, -0.15) is 24.0 Å². The van der Waals surface area contributed by atoms with Crippen molar-refractivity contribution in [1.29, 1.82) is 0 Å². The fraction of sp³-hybridized carbons (Fsp3) is 0.125. The summed E-state index contributed by atoms with van der Waals surface area (Å²) in [6.45, 7) is 0. The Morgan fingerprint density at radius 2 is 2.18 bits per heavy atom. The van der Waals surface area contributed by atoms with E-state index >= 15 is 0 Å². The third kappa shape index (κ3) is 2.20. The molecule has 0 unspecified atom stereocenters. The number of hydrogen-bond donors (Lipinski definition) is 1. The van der Waals surface area contributed by atoms with Gasteiger partial charge in [0.1, 0.15) is 0 Å². The highest BCUT2D eigenvalue weighted by molar-refractivity contribution is 7.80. The van der Waals surface area contributed by atoms with E-state index in [2.05, 4.69) is 12.6 Å². The van der Waals surface area contributed by atoms with Crippen LogP contribution in [0.3, 0.4) is 0 Å². The van der Waals surface area contributed by atoms with E-state index < -0.39 is 0 Å². The van der Waals surface area contributed by atoms with Crippen molar-refractivity contribution in [2.45, 2.75) is 0 Å². The summed E-state index contributed by atoms with van der Waals surface area (Å²) >= 11 is 5.56. The second kappa shape index (κ2) is 4.36. The van der Waals surface area contributed by atoms with Crippen LogP contribution < -0.4 is 0 Å². The van der Waals surface area contributed by atoms with E-state index in [1.165, 1.54) is 11.3 Å². The molecule has 1 aromatic rings.